The van der Waals surface area contributed by atoms with Crippen LogP contribution in [-0.4, -0.2) is 102 Å². The van der Waals surface area contributed by atoms with Gasteiger partial charge in [-0.15, -0.1) is 0 Å². The summed E-state index contributed by atoms with van der Waals surface area (Å²) in [7, 11) is 1.60. The van der Waals surface area contributed by atoms with E-state index in [0.717, 1.165) is 35.0 Å². The van der Waals surface area contributed by atoms with Gasteiger partial charge in [-0.2, -0.15) is 18.6 Å². The first kappa shape index (κ1) is 26.8. The van der Waals surface area contributed by atoms with E-state index < -0.39 is 12.3 Å². The van der Waals surface area contributed by atoms with Gasteiger partial charge >= 0.3 is 0 Å². The summed E-state index contributed by atoms with van der Waals surface area (Å²) in [6, 6.07) is 6.39. The fourth-order valence-electron chi connectivity index (χ4n) is 5.63. The number of amides is 1. The van der Waals surface area contributed by atoms with Crippen LogP contribution in [0.25, 0.3) is 16.7 Å². The number of piperidine rings is 1. The molecule has 2 aromatic heterocycles. The van der Waals surface area contributed by atoms with E-state index in [2.05, 4.69) is 44.3 Å². The highest BCUT2D eigenvalue weighted by molar-refractivity contribution is 7.59. The lowest BCUT2D eigenvalue weighted by Gasteiger charge is -2.43. The van der Waals surface area contributed by atoms with Gasteiger partial charge in [0.25, 0.3) is 5.91 Å². The number of aromatic nitrogens is 4. The van der Waals surface area contributed by atoms with Crippen LogP contribution < -0.4 is 10.2 Å². The van der Waals surface area contributed by atoms with Crippen molar-refractivity contribution in [3.05, 3.63) is 41.9 Å². The van der Waals surface area contributed by atoms with E-state index in [1.54, 1.807) is 11.7 Å². The van der Waals surface area contributed by atoms with E-state index in [1.165, 1.54) is 6.33 Å². The van der Waals surface area contributed by atoms with Crippen LogP contribution in [0.2, 0.25) is 0 Å². The van der Waals surface area contributed by atoms with E-state index in [0.29, 0.717) is 57.1 Å². The second-order valence-corrected chi connectivity index (χ2v) is 10.1. The topological polar surface area (TPSA) is 97.6 Å². The molecule has 0 aliphatic carbocycles. The number of alkyl halides is 1. The van der Waals surface area contributed by atoms with Crippen molar-refractivity contribution in [2.24, 2.45) is 0 Å². The number of carbonyl (C=O) groups excluding carboxylic acids is 1. The first-order valence-corrected chi connectivity index (χ1v) is 12.9. The molecule has 0 bridgehead atoms. The molecule has 12 heteroatoms. The lowest BCUT2D eigenvalue weighted by Crippen LogP contribution is -2.54. The molecule has 38 heavy (non-hydrogen) atoms. The number of rotatable bonds is 5. The van der Waals surface area contributed by atoms with Crippen molar-refractivity contribution in [2.75, 3.05) is 57.9 Å². The fraction of sp³-hybridized carbons (Fsp3) is 0.538. The number of aryl methyl sites for hydroxylation is 1. The number of anilines is 1. The van der Waals surface area contributed by atoms with Crippen LogP contribution in [0, 0.1) is 6.92 Å². The Bertz CT molecular complexity index is 1300. The third-order valence-corrected chi connectivity index (χ3v) is 7.85. The predicted octanol–water partition coefficient (Wildman–Crippen LogP) is 1.71. The van der Waals surface area contributed by atoms with E-state index in [9.17, 15) is 4.79 Å². The third-order valence-electron chi connectivity index (χ3n) is 7.85. The van der Waals surface area contributed by atoms with Crippen LogP contribution in [0.5, 0.6) is 0 Å². The fourth-order valence-corrected chi connectivity index (χ4v) is 5.63. The summed E-state index contributed by atoms with van der Waals surface area (Å²) in [6.45, 7) is 6.25. The van der Waals surface area contributed by atoms with Crippen molar-refractivity contribution < 1.29 is 18.7 Å². The molecule has 0 saturated carbocycles. The van der Waals surface area contributed by atoms with E-state index in [1.807, 2.05) is 17.2 Å². The van der Waals surface area contributed by atoms with Gasteiger partial charge in [-0.05, 0) is 43.1 Å². The monoisotopic (exact) mass is 543 g/mol. The smallest absolute Gasteiger partial charge is 0.250 e. The lowest BCUT2D eigenvalue weighted by atomic mass is 9.84. The molecule has 0 spiro atoms. The molecule has 1 amide bonds. The number of morpholine rings is 1. The molecule has 2 unspecified atom stereocenters. The zero-order valence-electron chi connectivity index (χ0n) is 21.6. The van der Waals surface area contributed by atoms with Gasteiger partial charge in [-0.1, -0.05) is 0 Å². The molecule has 6 rings (SSSR count). The number of carbonyl (C=O) groups is 1. The number of benzene rings is 1. The van der Waals surface area contributed by atoms with Crippen molar-refractivity contribution in [1.29, 1.82) is 0 Å². The largest absolute Gasteiger partial charge is 0.378 e. The molecule has 3 aliphatic heterocycles. The van der Waals surface area contributed by atoms with Crippen molar-refractivity contribution in [2.45, 2.75) is 37.6 Å². The molecule has 3 atom stereocenters. The van der Waals surface area contributed by atoms with Crippen LogP contribution >= 0.6 is 13.5 Å². The molecule has 0 radical (unpaired) electrons. The third kappa shape index (κ3) is 4.97. The number of nitrogens with zero attached hydrogens (tertiary/aromatic N) is 6. The number of fused-ring (bicyclic) bond motifs is 1. The highest BCUT2D eigenvalue weighted by Crippen LogP contribution is 2.36. The second-order valence-electron chi connectivity index (χ2n) is 10.1. The van der Waals surface area contributed by atoms with Gasteiger partial charge in [0, 0.05) is 37.5 Å². The number of halogens is 1. The zero-order valence-corrected chi connectivity index (χ0v) is 22.6. The quantitative estimate of drug-likeness (QED) is 0.520. The van der Waals surface area contributed by atoms with Gasteiger partial charge in [0.1, 0.15) is 18.3 Å². The van der Waals surface area contributed by atoms with Gasteiger partial charge in [0.05, 0.1) is 44.1 Å². The van der Waals surface area contributed by atoms with Crippen LogP contribution in [0.4, 0.5) is 10.2 Å². The summed E-state index contributed by atoms with van der Waals surface area (Å²) in [5.74, 6) is 1.02. The van der Waals surface area contributed by atoms with Crippen LogP contribution in [0.15, 0.2) is 30.7 Å². The first-order chi connectivity index (χ1) is 18.0. The molecule has 204 valence electrons. The number of ether oxygens (including phenoxy) is 2. The van der Waals surface area contributed by atoms with Gasteiger partial charge in [-0.25, -0.2) is 19.0 Å². The molecule has 3 aromatic rings. The average molecular weight is 544 g/mol. The number of hydrogen-bond acceptors (Lipinski definition) is 8. The molecule has 3 aliphatic rings. The van der Waals surface area contributed by atoms with Gasteiger partial charge in [0.15, 0.2) is 11.9 Å². The molecular weight excluding hydrogens is 509 g/mol. The maximum atomic E-state index is 15.4. The average Bonchev–Trinajstić information content (AvgIpc) is 3.30. The Balaban J connectivity index is 0.00000294. The predicted molar refractivity (Wildman–Crippen MR) is 146 cm³/mol. The SMILES string of the molecule is CNC(=O)[C@@H]1CN(c2cc(-n3ncc4cc(C)c(C5CCN(C6COC6)CC5F)cc43)ncn2)CCO1.S. The Morgan fingerprint density at radius 2 is 1.95 bits per heavy atom. The Labute approximate surface area is 227 Å². The summed E-state index contributed by atoms with van der Waals surface area (Å²) in [4.78, 5) is 25.3. The first-order valence-electron chi connectivity index (χ1n) is 12.9. The lowest BCUT2D eigenvalue weighted by molar-refractivity contribution is -0.132. The van der Waals surface area contributed by atoms with Crippen molar-refractivity contribution in [1.82, 2.24) is 30.0 Å². The van der Waals surface area contributed by atoms with Crippen LogP contribution in [0.3, 0.4) is 0 Å². The minimum Gasteiger partial charge on any atom is -0.378 e. The van der Waals surface area contributed by atoms with E-state index >= 15 is 4.39 Å². The van der Waals surface area contributed by atoms with E-state index in [-0.39, 0.29) is 25.3 Å². The number of likely N-dealkylation sites (tertiary alicyclic amines) is 1. The van der Waals surface area contributed by atoms with Crippen molar-refractivity contribution >= 4 is 36.1 Å². The van der Waals surface area contributed by atoms with Gasteiger partial charge in [-0.3, -0.25) is 9.69 Å². The zero-order chi connectivity index (χ0) is 25.5. The summed E-state index contributed by atoms with van der Waals surface area (Å²) in [5, 5.41) is 8.23. The maximum Gasteiger partial charge on any atom is 0.250 e. The molecule has 3 fully saturated rings. The van der Waals surface area contributed by atoms with Gasteiger partial charge < -0.3 is 19.7 Å². The summed E-state index contributed by atoms with van der Waals surface area (Å²) >= 11 is 0. The number of nitrogens with one attached hydrogen (secondary N) is 1. The molecule has 1 aromatic carbocycles. The molecule has 10 nitrogen and oxygen atoms in total. The minimum absolute atomic E-state index is 0. The Hall–Kier alpha value is -2.80. The Morgan fingerprint density at radius 3 is 2.68 bits per heavy atom. The summed E-state index contributed by atoms with van der Waals surface area (Å²) in [6.07, 6.45) is 2.62. The highest BCUT2D eigenvalue weighted by Gasteiger charge is 2.36. The molecule has 1 N–H and O–H groups in total. The highest BCUT2D eigenvalue weighted by atomic mass is 32.1. The number of hydrogen-bond donors (Lipinski definition) is 1. The van der Waals surface area contributed by atoms with Crippen LogP contribution in [-0.2, 0) is 14.3 Å². The molecule has 5 heterocycles. The van der Waals surface area contributed by atoms with Crippen molar-refractivity contribution in [3.8, 4) is 5.82 Å². The number of likely N-dealkylation sites (N-methyl/N-ethyl adjacent to an activating group) is 1. The van der Waals surface area contributed by atoms with E-state index in [4.69, 9.17) is 9.47 Å². The second kappa shape index (κ2) is 11.1. The summed E-state index contributed by atoms with van der Waals surface area (Å²) in [5.41, 5.74) is 3.00. The Kier molecular flexibility index (Phi) is 7.85. The molecular formula is C26H34FN7O3S. The summed E-state index contributed by atoms with van der Waals surface area (Å²) < 4.78 is 28.1. The standard InChI is InChI=1S/C26H32FN7O3.H2S/c1-16-7-17-10-31-34(22(17)8-20(16)19-3-4-32(11-21(19)27)18-13-36-14-18)25-9-24(29-15-30-25)33-5-6-37-23(12-33)26(35)28-2;/h7-10,15,18-19,21,23H,3-6,11-14H2,1-2H3,(H,28,35);1H2/t19?,21?,23-;/m0./s1. The normalized spacial score (nSPS) is 24.6. The van der Waals surface area contributed by atoms with Crippen LogP contribution in [0.1, 0.15) is 23.5 Å². The minimum atomic E-state index is -0.929. The maximum absolute atomic E-state index is 15.4. The van der Waals surface area contributed by atoms with Gasteiger partial charge in [0.2, 0.25) is 0 Å². The Morgan fingerprint density at radius 1 is 1.13 bits per heavy atom. The molecule has 3 saturated heterocycles. The van der Waals surface area contributed by atoms with Crippen molar-refractivity contribution in [3.63, 3.8) is 0 Å².